The highest BCUT2D eigenvalue weighted by Gasteiger charge is 2.19. The van der Waals surface area contributed by atoms with Crippen molar-refractivity contribution in [2.45, 2.75) is 31.8 Å². The van der Waals surface area contributed by atoms with E-state index in [0.29, 0.717) is 18.6 Å². The van der Waals surface area contributed by atoms with Gasteiger partial charge in [0.2, 0.25) is 0 Å². The third kappa shape index (κ3) is 2.11. The molecule has 0 radical (unpaired) electrons. The molecule has 70 valence electrons. The van der Waals surface area contributed by atoms with E-state index in [1.807, 2.05) is 24.5 Å². The first-order chi connectivity index (χ1) is 6.34. The molecule has 1 heterocycles. The van der Waals surface area contributed by atoms with E-state index in [-0.39, 0.29) is 6.10 Å². The molecule has 0 atom stereocenters. The zero-order chi connectivity index (χ0) is 9.10. The molecule has 2 rings (SSSR count). The monoisotopic (exact) mass is 179 g/mol. The minimum atomic E-state index is 0.213. The van der Waals surface area contributed by atoms with Crippen LogP contribution in [0.3, 0.4) is 0 Å². The first-order valence-electron chi connectivity index (χ1n) is 4.66. The van der Waals surface area contributed by atoms with Crippen molar-refractivity contribution in [3.63, 3.8) is 0 Å². The van der Waals surface area contributed by atoms with Gasteiger partial charge in [-0.3, -0.25) is 4.79 Å². The first-order valence-corrected chi connectivity index (χ1v) is 4.66. The smallest absolute Gasteiger partial charge is 0.133 e. The number of Topliss-reactive ketones (excluding diaryl/α,β-unsaturated/α-hetero) is 1. The van der Waals surface area contributed by atoms with E-state index in [0.717, 1.165) is 12.8 Å². The van der Waals surface area contributed by atoms with Gasteiger partial charge in [-0.2, -0.15) is 4.73 Å². The molecular formula is C10H13NO2. The van der Waals surface area contributed by atoms with Gasteiger partial charge in [0.05, 0.1) is 0 Å². The van der Waals surface area contributed by atoms with Gasteiger partial charge in [-0.25, -0.2) is 0 Å². The van der Waals surface area contributed by atoms with Crippen molar-refractivity contribution in [1.82, 2.24) is 4.73 Å². The fraction of sp³-hybridized carbons (Fsp3) is 0.500. The van der Waals surface area contributed by atoms with Crippen LogP contribution in [-0.2, 0) is 4.79 Å². The highest BCUT2D eigenvalue weighted by atomic mass is 16.7. The van der Waals surface area contributed by atoms with E-state index in [9.17, 15) is 4.79 Å². The summed E-state index contributed by atoms with van der Waals surface area (Å²) in [4.78, 5) is 16.6. The van der Waals surface area contributed by atoms with Crippen molar-refractivity contribution in [3.05, 3.63) is 24.5 Å². The Morgan fingerprint density at radius 1 is 1.23 bits per heavy atom. The summed E-state index contributed by atoms with van der Waals surface area (Å²) in [5, 5.41) is 0. The minimum absolute atomic E-state index is 0.213. The molecule has 0 N–H and O–H groups in total. The summed E-state index contributed by atoms with van der Waals surface area (Å²) >= 11 is 0. The summed E-state index contributed by atoms with van der Waals surface area (Å²) in [7, 11) is 0. The van der Waals surface area contributed by atoms with Gasteiger partial charge >= 0.3 is 0 Å². The zero-order valence-electron chi connectivity index (χ0n) is 7.48. The number of hydrogen-bond acceptors (Lipinski definition) is 2. The molecule has 0 unspecified atom stereocenters. The fourth-order valence-corrected chi connectivity index (χ4v) is 1.58. The maximum atomic E-state index is 10.9. The normalized spacial score (nSPS) is 18.9. The molecule has 0 amide bonds. The van der Waals surface area contributed by atoms with E-state index in [2.05, 4.69) is 0 Å². The Balaban J connectivity index is 1.86. The van der Waals surface area contributed by atoms with Crippen LogP contribution >= 0.6 is 0 Å². The van der Waals surface area contributed by atoms with E-state index in [1.54, 1.807) is 4.73 Å². The molecule has 1 saturated carbocycles. The molecule has 0 saturated heterocycles. The summed E-state index contributed by atoms with van der Waals surface area (Å²) in [6.07, 6.45) is 7.02. The second-order valence-corrected chi connectivity index (χ2v) is 3.39. The molecule has 0 aliphatic heterocycles. The van der Waals surface area contributed by atoms with Crippen LogP contribution in [0, 0.1) is 0 Å². The molecule has 13 heavy (non-hydrogen) atoms. The topological polar surface area (TPSA) is 31.2 Å². The van der Waals surface area contributed by atoms with Crippen molar-refractivity contribution >= 4 is 5.78 Å². The van der Waals surface area contributed by atoms with Gasteiger partial charge in [0.15, 0.2) is 0 Å². The highest BCUT2D eigenvalue weighted by molar-refractivity contribution is 5.79. The lowest BCUT2D eigenvalue weighted by Crippen LogP contribution is -2.29. The number of aromatic nitrogens is 1. The summed E-state index contributed by atoms with van der Waals surface area (Å²) in [5.74, 6) is 0.368. The predicted molar refractivity (Wildman–Crippen MR) is 48.3 cm³/mol. The lowest BCUT2D eigenvalue weighted by atomic mass is 9.97. The summed E-state index contributed by atoms with van der Waals surface area (Å²) in [6, 6.07) is 3.85. The quantitative estimate of drug-likeness (QED) is 0.687. The third-order valence-corrected chi connectivity index (χ3v) is 2.34. The molecular weight excluding hydrogens is 166 g/mol. The van der Waals surface area contributed by atoms with Crippen LogP contribution in [0.2, 0.25) is 0 Å². The van der Waals surface area contributed by atoms with Crippen LogP contribution in [0.25, 0.3) is 0 Å². The van der Waals surface area contributed by atoms with Gasteiger partial charge < -0.3 is 4.84 Å². The van der Waals surface area contributed by atoms with Crippen molar-refractivity contribution in [2.75, 3.05) is 0 Å². The number of rotatable bonds is 2. The minimum Gasteiger partial charge on any atom is -0.411 e. The standard InChI is InChI=1S/C10H13NO2/c12-9-3-5-10(6-4-9)13-11-7-1-2-8-11/h1-2,7-8,10H,3-6H2. The van der Waals surface area contributed by atoms with Crippen LogP contribution in [-0.4, -0.2) is 16.6 Å². The van der Waals surface area contributed by atoms with Gasteiger partial charge in [0.1, 0.15) is 11.9 Å². The van der Waals surface area contributed by atoms with Crippen molar-refractivity contribution in [2.24, 2.45) is 0 Å². The van der Waals surface area contributed by atoms with E-state index < -0.39 is 0 Å². The van der Waals surface area contributed by atoms with Crippen LogP contribution in [0.1, 0.15) is 25.7 Å². The second-order valence-electron chi connectivity index (χ2n) is 3.39. The average Bonchev–Trinajstić information content (AvgIpc) is 2.62. The Bertz CT molecular complexity index is 269. The third-order valence-electron chi connectivity index (χ3n) is 2.34. The number of nitrogens with zero attached hydrogens (tertiary/aromatic N) is 1. The maximum Gasteiger partial charge on any atom is 0.133 e. The Labute approximate surface area is 77.3 Å². The maximum absolute atomic E-state index is 10.9. The first kappa shape index (κ1) is 8.35. The van der Waals surface area contributed by atoms with Crippen LogP contribution < -0.4 is 4.84 Å². The number of carbonyl (C=O) groups excluding carboxylic acids is 1. The number of hydrogen-bond donors (Lipinski definition) is 0. The lowest BCUT2D eigenvalue weighted by molar-refractivity contribution is -0.123. The molecule has 3 heteroatoms. The Kier molecular flexibility index (Phi) is 2.34. The van der Waals surface area contributed by atoms with Gasteiger partial charge in [-0.15, -0.1) is 0 Å². The van der Waals surface area contributed by atoms with Crippen molar-refractivity contribution in [3.8, 4) is 0 Å². The average molecular weight is 179 g/mol. The molecule has 1 aliphatic rings. The van der Waals surface area contributed by atoms with Crippen LogP contribution in [0.15, 0.2) is 24.5 Å². The van der Waals surface area contributed by atoms with E-state index >= 15 is 0 Å². The van der Waals surface area contributed by atoms with Gasteiger partial charge in [-0.05, 0) is 25.0 Å². The van der Waals surface area contributed by atoms with E-state index in [4.69, 9.17) is 4.84 Å². The van der Waals surface area contributed by atoms with Gasteiger partial charge in [0, 0.05) is 25.2 Å². The Hall–Kier alpha value is -1.25. The van der Waals surface area contributed by atoms with E-state index in [1.165, 1.54) is 0 Å². The predicted octanol–water partition coefficient (Wildman–Crippen LogP) is 1.43. The SMILES string of the molecule is O=C1CCC(On2cccc2)CC1. The van der Waals surface area contributed by atoms with Crippen molar-refractivity contribution < 1.29 is 9.63 Å². The summed E-state index contributed by atoms with van der Waals surface area (Å²) < 4.78 is 1.71. The van der Waals surface area contributed by atoms with Crippen LogP contribution in [0.4, 0.5) is 0 Å². The number of carbonyl (C=O) groups is 1. The summed E-state index contributed by atoms with van der Waals surface area (Å²) in [6.45, 7) is 0. The Morgan fingerprint density at radius 2 is 1.85 bits per heavy atom. The van der Waals surface area contributed by atoms with Gasteiger partial charge in [0.25, 0.3) is 0 Å². The molecule has 0 spiro atoms. The van der Waals surface area contributed by atoms with Gasteiger partial charge in [-0.1, -0.05) is 0 Å². The Morgan fingerprint density at radius 3 is 2.46 bits per heavy atom. The lowest BCUT2D eigenvalue weighted by Gasteiger charge is -2.21. The molecule has 1 aromatic heterocycles. The molecule has 1 aromatic rings. The second kappa shape index (κ2) is 3.64. The molecule has 3 nitrogen and oxygen atoms in total. The van der Waals surface area contributed by atoms with Crippen molar-refractivity contribution in [1.29, 1.82) is 0 Å². The zero-order valence-corrected chi connectivity index (χ0v) is 7.48. The fourth-order valence-electron chi connectivity index (χ4n) is 1.58. The molecule has 1 aliphatic carbocycles. The highest BCUT2D eigenvalue weighted by Crippen LogP contribution is 2.15. The largest absolute Gasteiger partial charge is 0.411 e. The molecule has 0 bridgehead atoms. The summed E-state index contributed by atoms with van der Waals surface area (Å²) in [5.41, 5.74) is 0. The number of ketones is 1. The molecule has 1 fully saturated rings. The van der Waals surface area contributed by atoms with Crippen LogP contribution in [0.5, 0.6) is 0 Å². The molecule has 0 aromatic carbocycles.